The molecule has 1 atom stereocenters. The van der Waals surface area contributed by atoms with Crippen molar-refractivity contribution in [3.8, 4) is 5.75 Å². The number of nitrogens with one attached hydrogen (secondary N) is 1. The molecule has 1 amide bonds. The maximum absolute atomic E-state index is 14.8. The number of rotatable bonds is 5. The molecule has 4 nitrogen and oxygen atoms in total. The molecular weight excluding hydrogens is 432 g/mol. The van der Waals surface area contributed by atoms with Crippen LogP contribution in [0.4, 0.5) is 17.6 Å². The van der Waals surface area contributed by atoms with Crippen LogP contribution in [0.25, 0.3) is 0 Å². The van der Waals surface area contributed by atoms with Crippen LogP contribution in [0, 0.1) is 5.82 Å². The second kappa shape index (κ2) is 9.08. The zero-order valence-corrected chi connectivity index (χ0v) is 18.3. The molecule has 1 heterocycles. The summed E-state index contributed by atoms with van der Waals surface area (Å²) in [7, 11) is 3.10. The summed E-state index contributed by atoms with van der Waals surface area (Å²) in [6.45, 7) is 1.17. The molecule has 2 aromatic rings. The van der Waals surface area contributed by atoms with Gasteiger partial charge in [0.05, 0.1) is 23.8 Å². The molecule has 3 rings (SSSR count). The van der Waals surface area contributed by atoms with E-state index in [0.717, 1.165) is 36.9 Å². The van der Waals surface area contributed by atoms with Crippen LogP contribution in [-0.2, 0) is 11.7 Å². The smallest absolute Gasteiger partial charge is 0.416 e. The summed E-state index contributed by atoms with van der Waals surface area (Å²) in [5.74, 6) is -1.22. The number of benzene rings is 2. The fourth-order valence-corrected chi connectivity index (χ4v) is 4.73. The standard InChI is InChI=1S/C22H24F4N2O2S/c1-28-10-6-9-21(13-28,15-7-4-5-8-16(15)23)27-20(29)19-17(30-2)11-14(22(24,25)26)12-18(19)31-3/h4-5,7-8,11-12H,6,9-10,13H2,1-3H3,(H,27,29). The first kappa shape index (κ1) is 23.4. The third kappa shape index (κ3) is 4.82. The summed E-state index contributed by atoms with van der Waals surface area (Å²) >= 11 is 1.02. The Kier molecular flexibility index (Phi) is 6.85. The molecule has 31 heavy (non-hydrogen) atoms. The van der Waals surface area contributed by atoms with E-state index in [-0.39, 0.29) is 16.2 Å². The number of halogens is 4. The molecule has 0 spiro atoms. The highest BCUT2D eigenvalue weighted by Crippen LogP contribution is 2.39. The van der Waals surface area contributed by atoms with Crippen molar-refractivity contribution in [1.29, 1.82) is 0 Å². The molecule has 0 bridgehead atoms. The number of amides is 1. The largest absolute Gasteiger partial charge is 0.496 e. The number of nitrogens with zero attached hydrogens (tertiary/aromatic N) is 1. The zero-order valence-electron chi connectivity index (χ0n) is 17.5. The van der Waals surface area contributed by atoms with E-state index in [1.165, 1.54) is 13.2 Å². The maximum atomic E-state index is 14.8. The van der Waals surface area contributed by atoms with E-state index < -0.39 is 29.0 Å². The second-order valence-corrected chi connectivity index (χ2v) is 8.46. The van der Waals surface area contributed by atoms with Crippen molar-refractivity contribution in [2.24, 2.45) is 0 Å². The first-order valence-electron chi connectivity index (χ1n) is 9.70. The Balaban J connectivity index is 2.08. The normalized spacial score (nSPS) is 19.8. The number of carbonyl (C=O) groups excluding carboxylic acids is 1. The van der Waals surface area contributed by atoms with Gasteiger partial charge < -0.3 is 15.0 Å². The quantitative estimate of drug-likeness (QED) is 0.512. The molecular formula is C22H24F4N2O2S. The molecule has 2 aromatic carbocycles. The lowest BCUT2D eigenvalue weighted by molar-refractivity contribution is -0.137. The highest BCUT2D eigenvalue weighted by Gasteiger charge is 2.41. The van der Waals surface area contributed by atoms with Crippen molar-refractivity contribution in [2.75, 3.05) is 33.5 Å². The number of likely N-dealkylation sites (N-methyl/N-ethyl adjacent to an activating group) is 1. The van der Waals surface area contributed by atoms with E-state index in [1.54, 1.807) is 24.5 Å². The minimum Gasteiger partial charge on any atom is -0.496 e. The van der Waals surface area contributed by atoms with Crippen LogP contribution in [0.1, 0.15) is 34.3 Å². The molecule has 0 radical (unpaired) electrons. The second-order valence-electron chi connectivity index (χ2n) is 7.61. The van der Waals surface area contributed by atoms with E-state index in [1.807, 2.05) is 11.9 Å². The number of piperidine rings is 1. The number of likely N-dealkylation sites (tertiary alicyclic amines) is 1. The molecule has 0 saturated carbocycles. The monoisotopic (exact) mass is 456 g/mol. The predicted molar refractivity (Wildman–Crippen MR) is 112 cm³/mol. The summed E-state index contributed by atoms with van der Waals surface area (Å²) in [5.41, 5.74) is -1.55. The number of carbonyl (C=O) groups is 1. The number of ether oxygens (including phenoxy) is 1. The SMILES string of the molecule is COc1cc(C(F)(F)F)cc(SC)c1C(=O)NC1(c2ccccc2F)CCCN(C)C1. The molecule has 9 heteroatoms. The van der Waals surface area contributed by atoms with E-state index >= 15 is 0 Å². The van der Waals surface area contributed by atoms with Crippen LogP contribution in [0.5, 0.6) is 5.75 Å². The molecule has 1 N–H and O–H groups in total. The first-order valence-corrected chi connectivity index (χ1v) is 10.9. The molecule has 0 aromatic heterocycles. The van der Waals surface area contributed by atoms with Gasteiger partial charge in [-0.2, -0.15) is 13.2 Å². The highest BCUT2D eigenvalue weighted by molar-refractivity contribution is 7.98. The summed E-state index contributed by atoms with van der Waals surface area (Å²) < 4.78 is 59.8. The Labute approximate surface area is 183 Å². The third-order valence-corrected chi connectivity index (χ3v) is 6.25. The lowest BCUT2D eigenvalue weighted by Gasteiger charge is -2.42. The van der Waals surface area contributed by atoms with Gasteiger partial charge >= 0.3 is 6.18 Å². The molecule has 1 aliphatic rings. The number of hydrogen-bond acceptors (Lipinski definition) is 4. The molecule has 1 fully saturated rings. The van der Waals surface area contributed by atoms with Crippen LogP contribution in [-0.4, -0.2) is 44.3 Å². The molecule has 1 aliphatic heterocycles. The van der Waals surface area contributed by atoms with Gasteiger partial charge in [-0.1, -0.05) is 18.2 Å². The van der Waals surface area contributed by atoms with Gasteiger partial charge in [0.15, 0.2) is 0 Å². The Morgan fingerprint density at radius 2 is 1.97 bits per heavy atom. The van der Waals surface area contributed by atoms with Crippen LogP contribution in [0.3, 0.4) is 0 Å². The van der Waals surface area contributed by atoms with E-state index in [4.69, 9.17) is 4.74 Å². The Hall–Kier alpha value is -2.26. The van der Waals surface area contributed by atoms with E-state index in [9.17, 15) is 22.4 Å². The van der Waals surface area contributed by atoms with Crippen LogP contribution < -0.4 is 10.1 Å². The van der Waals surface area contributed by atoms with E-state index in [0.29, 0.717) is 18.5 Å². The molecule has 0 aliphatic carbocycles. The van der Waals surface area contributed by atoms with Crippen molar-refractivity contribution in [3.05, 3.63) is 58.9 Å². The lowest BCUT2D eigenvalue weighted by Crippen LogP contribution is -2.56. The fourth-order valence-electron chi connectivity index (χ4n) is 4.09. The van der Waals surface area contributed by atoms with Crippen LogP contribution in [0.2, 0.25) is 0 Å². The van der Waals surface area contributed by atoms with Crippen molar-refractivity contribution in [3.63, 3.8) is 0 Å². The Morgan fingerprint density at radius 1 is 1.26 bits per heavy atom. The van der Waals surface area contributed by atoms with Gasteiger partial charge in [-0.3, -0.25) is 4.79 Å². The Bertz CT molecular complexity index is 942. The number of hydrogen-bond donors (Lipinski definition) is 1. The molecule has 1 saturated heterocycles. The topological polar surface area (TPSA) is 41.6 Å². The van der Waals surface area contributed by atoms with Crippen molar-refractivity contribution in [1.82, 2.24) is 10.2 Å². The summed E-state index contributed by atoms with van der Waals surface area (Å²) in [4.78, 5) is 15.5. The predicted octanol–water partition coefficient (Wildman–Crippen LogP) is 4.93. The highest BCUT2D eigenvalue weighted by atomic mass is 32.2. The number of thioether (sulfide) groups is 1. The molecule has 1 unspecified atom stereocenters. The third-order valence-electron chi connectivity index (χ3n) is 5.49. The van der Waals surface area contributed by atoms with Gasteiger partial charge in [-0.15, -0.1) is 11.8 Å². The number of methoxy groups -OCH3 is 1. The van der Waals surface area contributed by atoms with Gasteiger partial charge in [0.25, 0.3) is 5.91 Å². The first-order chi connectivity index (χ1) is 14.6. The summed E-state index contributed by atoms with van der Waals surface area (Å²) in [6, 6.07) is 8.00. The lowest BCUT2D eigenvalue weighted by atomic mass is 9.81. The average molecular weight is 457 g/mol. The van der Waals surface area contributed by atoms with Gasteiger partial charge in [-0.25, -0.2) is 4.39 Å². The molecule has 168 valence electrons. The maximum Gasteiger partial charge on any atom is 0.416 e. The average Bonchev–Trinajstić information content (AvgIpc) is 2.72. The van der Waals surface area contributed by atoms with Crippen molar-refractivity contribution >= 4 is 17.7 Å². The minimum atomic E-state index is -4.58. The van der Waals surface area contributed by atoms with Gasteiger partial charge in [0, 0.05) is 17.0 Å². The van der Waals surface area contributed by atoms with Crippen LogP contribution in [0.15, 0.2) is 41.3 Å². The van der Waals surface area contributed by atoms with Gasteiger partial charge in [-0.05, 0) is 50.9 Å². The summed E-state index contributed by atoms with van der Waals surface area (Å²) in [6.07, 6.45) is -1.76. The minimum absolute atomic E-state index is 0.00643. The van der Waals surface area contributed by atoms with Crippen LogP contribution >= 0.6 is 11.8 Å². The van der Waals surface area contributed by atoms with E-state index in [2.05, 4.69) is 5.32 Å². The fraction of sp³-hybridized carbons (Fsp3) is 0.409. The Morgan fingerprint density at radius 3 is 2.55 bits per heavy atom. The van der Waals surface area contributed by atoms with Crippen molar-refractivity contribution < 1.29 is 27.1 Å². The van der Waals surface area contributed by atoms with Gasteiger partial charge in [0.1, 0.15) is 11.6 Å². The summed E-state index contributed by atoms with van der Waals surface area (Å²) in [5, 5.41) is 2.95. The van der Waals surface area contributed by atoms with Crippen molar-refractivity contribution in [2.45, 2.75) is 29.5 Å². The van der Waals surface area contributed by atoms with Gasteiger partial charge in [0.2, 0.25) is 0 Å². The number of alkyl halides is 3. The zero-order chi connectivity index (χ0) is 22.8.